The van der Waals surface area contributed by atoms with Crippen LogP contribution in [0.2, 0.25) is 0 Å². The number of ether oxygens (including phenoxy) is 1. The average molecular weight is 566 g/mol. The van der Waals surface area contributed by atoms with Crippen LogP contribution in [0.3, 0.4) is 0 Å². The Kier molecular flexibility index (Phi) is 10.3. The Morgan fingerprint density at radius 2 is 1.55 bits per heavy atom. The number of amides is 2. The van der Waals surface area contributed by atoms with E-state index >= 15 is 0 Å². The van der Waals surface area contributed by atoms with E-state index in [1.807, 2.05) is 52.8 Å². The Bertz CT molecular complexity index is 1420. The van der Waals surface area contributed by atoms with Gasteiger partial charge in [0.05, 0.1) is 17.7 Å². The second kappa shape index (κ2) is 13.5. The van der Waals surface area contributed by atoms with Gasteiger partial charge in [0.15, 0.2) is 0 Å². The van der Waals surface area contributed by atoms with E-state index in [0.717, 1.165) is 26.6 Å². The largest absolute Gasteiger partial charge is 0.497 e. The van der Waals surface area contributed by atoms with Crippen LogP contribution in [0.4, 0.5) is 5.69 Å². The van der Waals surface area contributed by atoms with Crippen molar-refractivity contribution in [3.05, 3.63) is 89.0 Å². The maximum atomic E-state index is 14.1. The van der Waals surface area contributed by atoms with Crippen LogP contribution in [0.1, 0.15) is 42.5 Å². The lowest BCUT2D eigenvalue weighted by Gasteiger charge is -2.33. The van der Waals surface area contributed by atoms with Gasteiger partial charge in [0, 0.05) is 13.1 Å². The number of sulfonamides is 1. The van der Waals surface area contributed by atoms with Crippen molar-refractivity contribution in [1.82, 2.24) is 10.2 Å². The topological polar surface area (TPSA) is 96.0 Å². The molecule has 0 aliphatic rings. The van der Waals surface area contributed by atoms with Crippen LogP contribution in [-0.2, 0) is 26.2 Å². The Labute approximate surface area is 238 Å². The van der Waals surface area contributed by atoms with Gasteiger partial charge in [0.2, 0.25) is 11.8 Å². The molecule has 0 spiro atoms. The molecule has 3 rings (SSSR count). The second-order valence-corrected chi connectivity index (χ2v) is 11.7. The Morgan fingerprint density at radius 3 is 2.12 bits per heavy atom. The summed E-state index contributed by atoms with van der Waals surface area (Å²) in [7, 11) is -2.56. The smallest absolute Gasteiger partial charge is 0.264 e. The lowest BCUT2D eigenvalue weighted by Crippen LogP contribution is -2.52. The molecular formula is C31H39N3O5S. The van der Waals surface area contributed by atoms with Crippen LogP contribution in [0.25, 0.3) is 0 Å². The SMILES string of the molecule is CCNC(=O)[C@@H](CC)N(Cc1cccc(OC)c1)C(=O)CN(c1cc(C)cc(C)c1)S(=O)(=O)c1ccc(C)cc1. The maximum Gasteiger partial charge on any atom is 0.264 e. The molecule has 1 N–H and O–H groups in total. The summed E-state index contributed by atoms with van der Waals surface area (Å²) in [6.07, 6.45) is 0.357. The quantitative estimate of drug-likeness (QED) is 0.342. The second-order valence-electron chi connectivity index (χ2n) is 9.86. The molecule has 214 valence electrons. The van der Waals surface area contributed by atoms with Gasteiger partial charge in [0.25, 0.3) is 10.0 Å². The van der Waals surface area contributed by atoms with Gasteiger partial charge in [-0.15, -0.1) is 0 Å². The van der Waals surface area contributed by atoms with E-state index in [-0.39, 0.29) is 17.3 Å². The van der Waals surface area contributed by atoms with Gasteiger partial charge < -0.3 is 15.0 Å². The van der Waals surface area contributed by atoms with E-state index in [1.165, 1.54) is 4.90 Å². The van der Waals surface area contributed by atoms with Crippen LogP contribution in [0.5, 0.6) is 5.75 Å². The lowest BCUT2D eigenvalue weighted by molar-refractivity contribution is -0.140. The van der Waals surface area contributed by atoms with Crippen LogP contribution < -0.4 is 14.4 Å². The highest BCUT2D eigenvalue weighted by molar-refractivity contribution is 7.92. The molecule has 0 unspecified atom stereocenters. The highest BCUT2D eigenvalue weighted by Gasteiger charge is 2.33. The Hall–Kier alpha value is -3.85. The molecule has 8 nitrogen and oxygen atoms in total. The van der Waals surface area contributed by atoms with Crippen LogP contribution in [0.15, 0.2) is 71.6 Å². The summed E-state index contributed by atoms with van der Waals surface area (Å²) in [5, 5.41) is 2.81. The van der Waals surface area contributed by atoms with Crippen molar-refractivity contribution >= 4 is 27.5 Å². The van der Waals surface area contributed by atoms with Crippen molar-refractivity contribution in [3.8, 4) is 5.75 Å². The number of rotatable bonds is 12. The first-order chi connectivity index (χ1) is 19.0. The number of likely N-dealkylation sites (N-methyl/N-ethyl adjacent to an activating group) is 1. The molecule has 0 saturated carbocycles. The molecule has 0 saturated heterocycles. The highest BCUT2D eigenvalue weighted by atomic mass is 32.2. The number of nitrogens with zero attached hydrogens (tertiary/aromatic N) is 2. The predicted molar refractivity (Wildman–Crippen MR) is 158 cm³/mol. The number of methoxy groups -OCH3 is 1. The van der Waals surface area contributed by atoms with E-state index in [4.69, 9.17) is 4.74 Å². The number of nitrogens with one attached hydrogen (secondary N) is 1. The highest BCUT2D eigenvalue weighted by Crippen LogP contribution is 2.27. The molecule has 2 amide bonds. The normalized spacial score (nSPS) is 11.9. The van der Waals surface area contributed by atoms with Crippen molar-refractivity contribution in [2.75, 3.05) is 24.5 Å². The van der Waals surface area contributed by atoms with E-state index in [1.54, 1.807) is 55.6 Å². The number of aryl methyl sites for hydroxylation is 3. The number of hydrogen-bond donors (Lipinski definition) is 1. The molecule has 0 aliphatic carbocycles. The minimum Gasteiger partial charge on any atom is -0.497 e. The fraction of sp³-hybridized carbons (Fsp3) is 0.355. The molecule has 0 heterocycles. The molecule has 9 heteroatoms. The van der Waals surface area contributed by atoms with Crippen molar-refractivity contribution in [2.24, 2.45) is 0 Å². The first-order valence-electron chi connectivity index (χ1n) is 13.4. The molecule has 1 atom stereocenters. The minimum atomic E-state index is -4.11. The summed E-state index contributed by atoms with van der Waals surface area (Å²) >= 11 is 0. The molecule has 0 aromatic heterocycles. The fourth-order valence-corrected chi connectivity index (χ4v) is 6.04. The van der Waals surface area contributed by atoms with Crippen LogP contribution in [0, 0.1) is 20.8 Å². The summed E-state index contributed by atoms with van der Waals surface area (Å²) in [4.78, 5) is 28.7. The summed E-state index contributed by atoms with van der Waals surface area (Å²) in [5.41, 5.74) is 3.81. The van der Waals surface area contributed by atoms with Crippen molar-refractivity contribution in [2.45, 2.75) is 58.5 Å². The molecule has 3 aromatic rings. The first-order valence-corrected chi connectivity index (χ1v) is 14.8. The fourth-order valence-electron chi connectivity index (χ4n) is 4.64. The number of benzene rings is 3. The third kappa shape index (κ3) is 7.41. The van der Waals surface area contributed by atoms with Gasteiger partial charge in [-0.05, 0) is 87.2 Å². The molecular weight excluding hydrogens is 526 g/mol. The third-order valence-corrected chi connectivity index (χ3v) is 8.39. The van der Waals surface area contributed by atoms with Gasteiger partial charge in [-0.3, -0.25) is 13.9 Å². The molecule has 3 aromatic carbocycles. The zero-order valence-corrected chi connectivity index (χ0v) is 24.9. The van der Waals surface area contributed by atoms with Crippen LogP contribution in [-0.4, -0.2) is 51.4 Å². The van der Waals surface area contributed by atoms with Crippen molar-refractivity contribution in [1.29, 1.82) is 0 Å². The summed E-state index contributed by atoms with van der Waals surface area (Å²) in [6.45, 7) is 9.33. The number of carbonyl (C=O) groups excluding carboxylic acids is 2. The number of hydrogen-bond acceptors (Lipinski definition) is 5. The molecule has 0 bridgehead atoms. The zero-order chi connectivity index (χ0) is 29.4. The van der Waals surface area contributed by atoms with E-state index in [0.29, 0.717) is 24.4 Å². The summed E-state index contributed by atoms with van der Waals surface area (Å²) < 4.78 is 34.5. The van der Waals surface area contributed by atoms with E-state index in [2.05, 4.69) is 5.32 Å². The monoisotopic (exact) mass is 565 g/mol. The standard InChI is InChI=1S/C31H39N3O5S/c1-7-29(31(36)32-8-2)33(20-25-10-9-11-27(19-25)39-6)30(35)21-34(26-17-23(4)16-24(5)18-26)40(37,38)28-14-12-22(3)13-15-28/h9-19,29H,7-8,20-21H2,1-6H3,(H,32,36)/t29-/m1/s1. The molecule has 40 heavy (non-hydrogen) atoms. The van der Waals surface area contributed by atoms with Gasteiger partial charge in [-0.25, -0.2) is 8.42 Å². The van der Waals surface area contributed by atoms with Crippen LogP contribution >= 0.6 is 0 Å². The molecule has 0 fully saturated rings. The van der Waals surface area contributed by atoms with Gasteiger partial charge in [-0.1, -0.05) is 42.8 Å². The van der Waals surface area contributed by atoms with Gasteiger partial charge >= 0.3 is 0 Å². The van der Waals surface area contributed by atoms with Crippen molar-refractivity contribution < 1.29 is 22.7 Å². The third-order valence-electron chi connectivity index (χ3n) is 6.61. The van der Waals surface area contributed by atoms with Crippen molar-refractivity contribution in [3.63, 3.8) is 0 Å². The van der Waals surface area contributed by atoms with Gasteiger partial charge in [-0.2, -0.15) is 0 Å². The predicted octanol–water partition coefficient (Wildman–Crippen LogP) is 4.76. The van der Waals surface area contributed by atoms with E-state index < -0.39 is 28.5 Å². The summed E-state index contributed by atoms with van der Waals surface area (Å²) in [6, 6.07) is 18.5. The summed E-state index contributed by atoms with van der Waals surface area (Å²) in [5.74, 6) is -0.161. The number of carbonyl (C=O) groups is 2. The first kappa shape index (κ1) is 30.7. The zero-order valence-electron chi connectivity index (χ0n) is 24.1. The molecule has 0 aliphatic heterocycles. The van der Waals surface area contributed by atoms with E-state index in [9.17, 15) is 18.0 Å². The Morgan fingerprint density at radius 1 is 0.900 bits per heavy atom. The molecule has 0 radical (unpaired) electrons. The lowest BCUT2D eigenvalue weighted by atomic mass is 10.1. The average Bonchev–Trinajstić information content (AvgIpc) is 2.91. The Balaban J connectivity index is 2.10. The minimum absolute atomic E-state index is 0.0835. The maximum absolute atomic E-state index is 14.1. The van der Waals surface area contributed by atoms with Gasteiger partial charge in [0.1, 0.15) is 18.3 Å². The number of anilines is 1.